The van der Waals surface area contributed by atoms with Gasteiger partial charge in [0.15, 0.2) is 0 Å². The molecule has 0 saturated heterocycles. The lowest BCUT2D eigenvalue weighted by molar-refractivity contribution is 0.374. The van der Waals surface area contributed by atoms with Crippen molar-refractivity contribution in [3.05, 3.63) is 18.0 Å². The van der Waals surface area contributed by atoms with Crippen molar-refractivity contribution in [3.63, 3.8) is 0 Å². The molecule has 0 saturated carbocycles. The second-order valence-electron chi connectivity index (χ2n) is 4.04. The third-order valence-corrected chi connectivity index (χ3v) is 2.38. The molecule has 1 aromatic rings. The molecule has 0 unspecified atom stereocenters. The van der Waals surface area contributed by atoms with Gasteiger partial charge in [0, 0.05) is 30.0 Å². The lowest BCUT2D eigenvalue weighted by Crippen LogP contribution is -2.37. The zero-order chi connectivity index (χ0) is 10.6. The molecule has 14 heavy (non-hydrogen) atoms. The first-order chi connectivity index (χ1) is 6.53. The standard InChI is InChI=1S/C10H18N4/c1-4-10(2,3)14-7-8-5-12-9(11)13-6-8/h5-6,14H,4,7H2,1-3H3,(H2,11,12,13). The molecule has 0 radical (unpaired) electrons. The Labute approximate surface area is 85.0 Å². The topological polar surface area (TPSA) is 63.8 Å². The Bertz CT molecular complexity index is 279. The van der Waals surface area contributed by atoms with Gasteiger partial charge in [0.05, 0.1) is 0 Å². The fourth-order valence-electron chi connectivity index (χ4n) is 0.922. The van der Waals surface area contributed by atoms with Crippen LogP contribution >= 0.6 is 0 Å². The summed E-state index contributed by atoms with van der Waals surface area (Å²) in [5.74, 6) is 0.323. The van der Waals surface area contributed by atoms with Crippen LogP contribution in [0.15, 0.2) is 12.4 Å². The highest BCUT2D eigenvalue weighted by Crippen LogP contribution is 2.08. The van der Waals surface area contributed by atoms with Gasteiger partial charge < -0.3 is 11.1 Å². The molecule has 0 aromatic carbocycles. The van der Waals surface area contributed by atoms with Gasteiger partial charge in [-0.05, 0) is 20.3 Å². The van der Waals surface area contributed by atoms with E-state index in [0.29, 0.717) is 5.95 Å². The number of nitrogen functional groups attached to an aromatic ring is 1. The van der Waals surface area contributed by atoms with Gasteiger partial charge in [-0.25, -0.2) is 9.97 Å². The lowest BCUT2D eigenvalue weighted by atomic mass is 10.0. The van der Waals surface area contributed by atoms with Crippen LogP contribution in [0.1, 0.15) is 32.8 Å². The number of hydrogen-bond acceptors (Lipinski definition) is 4. The first-order valence-corrected chi connectivity index (χ1v) is 4.85. The molecule has 1 heterocycles. The minimum atomic E-state index is 0.154. The summed E-state index contributed by atoms with van der Waals surface area (Å²) in [6.45, 7) is 7.28. The van der Waals surface area contributed by atoms with Crippen molar-refractivity contribution in [2.75, 3.05) is 5.73 Å². The Morgan fingerprint density at radius 2 is 1.93 bits per heavy atom. The van der Waals surface area contributed by atoms with E-state index in [0.717, 1.165) is 18.5 Å². The van der Waals surface area contributed by atoms with Gasteiger partial charge in [-0.15, -0.1) is 0 Å². The number of nitrogens with two attached hydrogens (primary N) is 1. The normalized spacial score (nSPS) is 11.6. The van der Waals surface area contributed by atoms with Crippen molar-refractivity contribution >= 4 is 5.95 Å². The Balaban J connectivity index is 2.50. The maximum atomic E-state index is 5.39. The summed E-state index contributed by atoms with van der Waals surface area (Å²) in [6, 6.07) is 0. The van der Waals surface area contributed by atoms with Crippen LogP contribution in [-0.4, -0.2) is 15.5 Å². The molecular weight excluding hydrogens is 176 g/mol. The molecule has 0 aliphatic carbocycles. The molecule has 1 aromatic heterocycles. The maximum absolute atomic E-state index is 5.39. The summed E-state index contributed by atoms with van der Waals surface area (Å²) >= 11 is 0. The van der Waals surface area contributed by atoms with Crippen LogP contribution in [0.3, 0.4) is 0 Å². The van der Waals surface area contributed by atoms with E-state index in [9.17, 15) is 0 Å². The number of aromatic nitrogens is 2. The number of nitrogens with one attached hydrogen (secondary N) is 1. The summed E-state index contributed by atoms with van der Waals surface area (Å²) in [7, 11) is 0. The molecule has 0 fully saturated rings. The number of anilines is 1. The Morgan fingerprint density at radius 3 is 2.43 bits per heavy atom. The third kappa shape index (κ3) is 3.30. The van der Waals surface area contributed by atoms with Gasteiger partial charge in [-0.1, -0.05) is 6.92 Å². The first kappa shape index (κ1) is 10.9. The molecule has 0 aliphatic rings. The van der Waals surface area contributed by atoms with Crippen molar-refractivity contribution in [1.82, 2.24) is 15.3 Å². The molecule has 0 aliphatic heterocycles. The minimum Gasteiger partial charge on any atom is -0.368 e. The molecule has 3 N–H and O–H groups in total. The van der Waals surface area contributed by atoms with Crippen molar-refractivity contribution in [3.8, 4) is 0 Å². The van der Waals surface area contributed by atoms with Crippen molar-refractivity contribution in [2.45, 2.75) is 39.3 Å². The molecule has 1 rings (SSSR count). The quantitative estimate of drug-likeness (QED) is 0.759. The molecule has 78 valence electrons. The predicted octanol–water partition coefficient (Wildman–Crippen LogP) is 1.34. The molecule has 4 heteroatoms. The summed E-state index contributed by atoms with van der Waals surface area (Å²) in [6.07, 6.45) is 4.59. The highest BCUT2D eigenvalue weighted by molar-refractivity contribution is 5.17. The molecule has 0 amide bonds. The summed E-state index contributed by atoms with van der Waals surface area (Å²) < 4.78 is 0. The fraction of sp³-hybridized carbons (Fsp3) is 0.600. The Kier molecular flexibility index (Phi) is 3.41. The van der Waals surface area contributed by atoms with Crippen molar-refractivity contribution in [2.24, 2.45) is 0 Å². The molecular formula is C10H18N4. The molecule has 0 spiro atoms. The van der Waals surface area contributed by atoms with E-state index in [1.165, 1.54) is 0 Å². The second-order valence-corrected chi connectivity index (χ2v) is 4.04. The predicted molar refractivity (Wildman–Crippen MR) is 57.7 cm³/mol. The van der Waals surface area contributed by atoms with Crippen LogP contribution in [0.4, 0.5) is 5.95 Å². The average molecular weight is 194 g/mol. The highest BCUT2D eigenvalue weighted by Gasteiger charge is 2.13. The van der Waals surface area contributed by atoms with Crippen LogP contribution in [0.25, 0.3) is 0 Å². The number of hydrogen-bond donors (Lipinski definition) is 2. The highest BCUT2D eigenvalue weighted by atomic mass is 15.0. The SMILES string of the molecule is CCC(C)(C)NCc1cnc(N)nc1. The monoisotopic (exact) mass is 194 g/mol. The average Bonchev–Trinajstić information content (AvgIpc) is 2.17. The van der Waals surface area contributed by atoms with Crippen LogP contribution < -0.4 is 11.1 Å². The Morgan fingerprint density at radius 1 is 1.36 bits per heavy atom. The van der Waals surface area contributed by atoms with Crippen LogP contribution in [-0.2, 0) is 6.54 Å². The van der Waals surface area contributed by atoms with Gasteiger partial charge in [0.25, 0.3) is 0 Å². The van der Waals surface area contributed by atoms with E-state index in [4.69, 9.17) is 5.73 Å². The molecule has 0 atom stereocenters. The number of rotatable bonds is 4. The zero-order valence-corrected chi connectivity index (χ0v) is 9.04. The number of nitrogens with zero attached hydrogens (tertiary/aromatic N) is 2. The second kappa shape index (κ2) is 4.37. The largest absolute Gasteiger partial charge is 0.368 e. The van der Waals surface area contributed by atoms with E-state index >= 15 is 0 Å². The first-order valence-electron chi connectivity index (χ1n) is 4.85. The maximum Gasteiger partial charge on any atom is 0.219 e. The van der Waals surface area contributed by atoms with Crippen LogP contribution in [0.5, 0.6) is 0 Å². The fourth-order valence-corrected chi connectivity index (χ4v) is 0.922. The molecule has 0 bridgehead atoms. The lowest BCUT2D eigenvalue weighted by Gasteiger charge is -2.24. The molecule has 4 nitrogen and oxygen atoms in total. The van der Waals surface area contributed by atoms with Gasteiger partial charge in [0.2, 0.25) is 5.95 Å². The van der Waals surface area contributed by atoms with E-state index in [2.05, 4.69) is 36.1 Å². The van der Waals surface area contributed by atoms with E-state index < -0.39 is 0 Å². The summed E-state index contributed by atoms with van der Waals surface area (Å²) in [5.41, 5.74) is 6.60. The van der Waals surface area contributed by atoms with E-state index in [1.807, 2.05) is 0 Å². The van der Waals surface area contributed by atoms with E-state index in [-0.39, 0.29) is 5.54 Å². The minimum absolute atomic E-state index is 0.154. The third-order valence-electron chi connectivity index (χ3n) is 2.38. The van der Waals surface area contributed by atoms with Crippen LogP contribution in [0, 0.1) is 0 Å². The van der Waals surface area contributed by atoms with Crippen LogP contribution in [0.2, 0.25) is 0 Å². The van der Waals surface area contributed by atoms with Crippen molar-refractivity contribution in [1.29, 1.82) is 0 Å². The van der Waals surface area contributed by atoms with Gasteiger partial charge in [-0.2, -0.15) is 0 Å². The van der Waals surface area contributed by atoms with Gasteiger partial charge in [-0.3, -0.25) is 0 Å². The Hall–Kier alpha value is -1.16. The van der Waals surface area contributed by atoms with Crippen molar-refractivity contribution < 1.29 is 0 Å². The zero-order valence-electron chi connectivity index (χ0n) is 9.04. The summed E-state index contributed by atoms with van der Waals surface area (Å²) in [5, 5.41) is 3.42. The summed E-state index contributed by atoms with van der Waals surface area (Å²) in [4.78, 5) is 7.86. The smallest absolute Gasteiger partial charge is 0.219 e. The van der Waals surface area contributed by atoms with Gasteiger partial charge in [0.1, 0.15) is 0 Å². The van der Waals surface area contributed by atoms with E-state index in [1.54, 1.807) is 12.4 Å². The van der Waals surface area contributed by atoms with Gasteiger partial charge >= 0.3 is 0 Å².